The molecule has 3 aromatic rings. The summed E-state index contributed by atoms with van der Waals surface area (Å²) >= 11 is 3.61. The number of aliphatic hydroxyl groups is 1. The average Bonchev–Trinajstić information content (AvgIpc) is 3.51. The van der Waals surface area contributed by atoms with E-state index in [9.17, 15) is 5.11 Å². The predicted octanol–water partition coefficient (Wildman–Crippen LogP) is 4.82. The molecule has 31 heavy (non-hydrogen) atoms. The monoisotopic (exact) mass is 480 g/mol. The topological polar surface area (TPSA) is 48.5 Å². The van der Waals surface area contributed by atoms with Crippen molar-refractivity contribution in [2.75, 3.05) is 26.7 Å². The van der Waals surface area contributed by atoms with Crippen LogP contribution in [0.1, 0.15) is 36.1 Å². The van der Waals surface area contributed by atoms with Crippen molar-refractivity contribution in [1.29, 1.82) is 0 Å². The van der Waals surface area contributed by atoms with Gasteiger partial charge in [-0.2, -0.15) is 0 Å². The molecule has 6 rings (SSSR count). The Morgan fingerprint density at radius 1 is 1.19 bits per heavy atom. The van der Waals surface area contributed by atoms with Gasteiger partial charge in [-0.25, -0.2) is 0 Å². The van der Waals surface area contributed by atoms with Crippen LogP contribution in [0.15, 0.2) is 46.9 Å². The number of piperidine rings is 1. The number of ether oxygens (including phenoxy) is 1. The zero-order valence-corrected chi connectivity index (χ0v) is 19.5. The Morgan fingerprint density at radius 2 is 2.06 bits per heavy atom. The molecular formula is C26H29BrN2O2. The van der Waals surface area contributed by atoms with E-state index in [0.29, 0.717) is 6.42 Å². The van der Waals surface area contributed by atoms with Crippen LogP contribution in [0.2, 0.25) is 0 Å². The molecule has 0 bridgehead atoms. The average molecular weight is 481 g/mol. The van der Waals surface area contributed by atoms with Crippen molar-refractivity contribution in [2.45, 2.75) is 43.1 Å². The van der Waals surface area contributed by atoms with Crippen LogP contribution in [0.5, 0.6) is 5.75 Å². The first-order valence-corrected chi connectivity index (χ1v) is 12.2. The van der Waals surface area contributed by atoms with Crippen LogP contribution < -0.4 is 4.74 Å². The van der Waals surface area contributed by atoms with Crippen LogP contribution in [0.25, 0.3) is 10.9 Å². The van der Waals surface area contributed by atoms with Crippen LogP contribution >= 0.6 is 15.9 Å². The number of likely N-dealkylation sites (tertiary alicyclic amines) is 1. The number of aromatic amines is 1. The molecule has 3 aliphatic rings. The Bertz CT molecular complexity index is 1150. The highest BCUT2D eigenvalue weighted by Gasteiger charge is 2.57. The molecule has 1 aliphatic heterocycles. The predicted molar refractivity (Wildman–Crippen MR) is 127 cm³/mol. The summed E-state index contributed by atoms with van der Waals surface area (Å²) in [6, 6.07) is 14.8. The van der Waals surface area contributed by atoms with Gasteiger partial charge in [0, 0.05) is 52.4 Å². The van der Waals surface area contributed by atoms with Crippen molar-refractivity contribution in [1.82, 2.24) is 9.88 Å². The largest absolute Gasteiger partial charge is 0.497 e. The summed E-state index contributed by atoms with van der Waals surface area (Å²) < 4.78 is 6.64. The molecule has 2 unspecified atom stereocenters. The molecule has 2 fully saturated rings. The normalized spacial score (nSPS) is 28.4. The number of H-pyrrole nitrogens is 1. The Balaban J connectivity index is 1.49. The van der Waals surface area contributed by atoms with Crippen molar-refractivity contribution < 1.29 is 9.84 Å². The lowest BCUT2D eigenvalue weighted by Crippen LogP contribution is -2.66. The third kappa shape index (κ3) is 3.16. The van der Waals surface area contributed by atoms with Gasteiger partial charge in [0.1, 0.15) is 5.75 Å². The van der Waals surface area contributed by atoms with Gasteiger partial charge in [-0.15, -0.1) is 0 Å². The van der Waals surface area contributed by atoms with E-state index in [4.69, 9.17) is 4.74 Å². The van der Waals surface area contributed by atoms with E-state index >= 15 is 0 Å². The second kappa shape index (κ2) is 7.09. The summed E-state index contributed by atoms with van der Waals surface area (Å²) in [5.41, 5.74) is 3.80. The van der Waals surface area contributed by atoms with Gasteiger partial charge in [0.25, 0.3) is 0 Å². The molecule has 1 saturated heterocycles. The van der Waals surface area contributed by atoms with Crippen molar-refractivity contribution in [3.8, 4) is 5.75 Å². The van der Waals surface area contributed by atoms with Gasteiger partial charge >= 0.3 is 0 Å². The van der Waals surface area contributed by atoms with Gasteiger partial charge in [0.15, 0.2) is 0 Å². The van der Waals surface area contributed by atoms with Gasteiger partial charge in [0.05, 0.1) is 12.7 Å². The van der Waals surface area contributed by atoms with Gasteiger partial charge in [-0.1, -0.05) is 34.1 Å². The van der Waals surface area contributed by atoms with Gasteiger partial charge in [0.2, 0.25) is 0 Å². The number of aromatic nitrogens is 1. The molecule has 2 aromatic carbocycles. The number of nitrogens with one attached hydrogen (secondary N) is 1. The smallest absolute Gasteiger partial charge is 0.119 e. The Kier molecular flexibility index (Phi) is 4.54. The summed E-state index contributed by atoms with van der Waals surface area (Å²) in [7, 11) is 1.72. The maximum Gasteiger partial charge on any atom is 0.119 e. The number of methoxy groups -OCH3 is 1. The van der Waals surface area contributed by atoms with Crippen LogP contribution in [-0.2, 0) is 18.3 Å². The second-order valence-corrected chi connectivity index (χ2v) is 10.8. The van der Waals surface area contributed by atoms with Gasteiger partial charge in [-0.3, -0.25) is 0 Å². The molecule has 5 heteroatoms. The second-order valence-electron chi connectivity index (χ2n) is 9.90. The molecule has 162 valence electrons. The van der Waals surface area contributed by atoms with Crippen LogP contribution in [0.4, 0.5) is 0 Å². The number of fused-ring (bicyclic) bond motifs is 4. The maximum atomic E-state index is 12.4. The van der Waals surface area contributed by atoms with Crippen molar-refractivity contribution in [3.63, 3.8) is 0 Å². The van der Waals surface area contributed by atoms with Crippen molar-refractivity contribution in [3.05, 3.63) is 63.8 Å². The van der Waals surface area contributed by atoms with E-state index in [1.807, 2.05) is 6.07 Å². The summed E-state index contributed by atoms with van der Waals surface area (Å²) in [6.45, 7) is 2.91. The lowest BCUT2D eigenvalue weighted by atomic mass is 9.56. The fourth-order valence-electron chi connectivity index (χ4n) is 6.15. The highest BCUT2D eigenvalue weighted by Crippen LogP contribution is 2.52. The first-order valence-electron chi connectivity index (χ1n) is 11.4. The molecule has 0 spiro atoms. The Hall–Kier alpha value is -1.82. The molecular weight excluding hydrogens is 452 g/mol. The van der Waals surface area contributed by atoms with Crippen LogP contribution in [-0.4, -0.2) is 47.3 Å². The fraction of sp³-hybridized carbons (Fsp3) is 0.462. The highest BCUT2D eigenvalue weighted by atomic mass is 79.9. The number of benzene rings is 2. The highest BCUT2D eigenvalue weighted by molar-refractivity contribution is 9.10. The summed E-state index contributed by atoms with van der Waals surface area (Å²) in [4.78, 5) is 6.22. The zero-order valence-electron chi connectivity index (χ0n) is 18.0. The van der Waals surface area contributed by atoms with E-state index in [1.54, 1.807) is 7.11 Å². The standard InChI is InChI=1S/C26H29BrN2O2/c1-31-20-4-2-3-18(11-20)25-9-10-29(15-17-5-6-17)16-26(25,30)13-22-21-8-7-19(27)12-23(21)28-24(22)14-25/h2-4,7-8,11-12,17,28,30H,5-6,9-10,13-16H2,1H3. The number of nitrogens with zero attached hydrogens (tertiary/aromatic N) is 1. The van der Waals surface area contributed by atoms with E-state index < -0.39 is 5.60 Å². The fourth-order valence-corrected chi connectivity index (χ4v) is 6.51. The molecule has 2 N–H and O–H groups in total. The van der Waals surface area contributed by atoms with E-state index in [2.05, 4.69) is 62.2 Å². The molecule has 2 aliphatic carbocycles. The zero-order chi connectivity index (χ0) is 21.2. The summed E-state index contributed by atoms with van der Waals surface area (Å²) in [5, 5.41) is 13.7. The SMILES string of the molecule is COc1cccc(C23CCN(CC4CC4)CC2(O)Cc2c([nH]c4cc(Br)ccc24)C3)c1. The van der Waals surface area contributed by atoms with Crippen LogP contribution in [0, 0.1) is 5.92 Å². The number of β-amino-alcohol motifs (C(OH)–C–C–N with tert-alkyl or cyclic N) is 1. The van der Waals surface area contributed by atoms with Crippen molar-refractivity contribution >= 4 is 26.8 Å². The Morgan fingerprint density at radius 3 is 2.87 bits per heavy atom. The lowest BCUT2D eigenvalue weighted by molar-refractivity contribution is -0.103. The maximum absolute atomic E-state index is 12.4. The molecule has 4 nitrogen and oxygen atoms in total. The van der Waals surface area contributed by atoms with E-state index in [-0.39, 0.29) is 5.41 Å². The molecule has 0 radical (unpaired) electrons. The summed E-state index contributed by atoms with van der Waals surface area (Å²) in [5.74, 6) is 1.69. The number of rotatable bonds is 4. The number of hydrogen-bond donors (Lipinski definition) is 2. The molecule has 0 amide bonds. The van der Waals surface area contributed by atoms with E-state index in [1.165, 1.54) is 35.0 Å². The minimum atomic E-state index is -0.804. The van der Waals surface area contributed by atoms with Gasteiger partial charge < -0.3 is 19.7 Å². The quantitative estimate of drug-likeness (QED) is 0.562. The van der Waals surface area contributed by atoms with Gasteiger partial charge in [-0.05, 0) is 67.1 Å². The molecule has 1 saturated carbocycles. The molecule has 1 aromatic heterocycles. The first kappa shape index (κ1) is 19.8. The first-order chi connectivity index (χ1) is 15.0. The Labute approximate surface area is 191 Å². The van der Waals surface area contributed by atoms with Crippen LogP contribution in [0.3, 0.4) is 0 Å². The lowest BCUT2D eigenvalue weighted by Gasteiger charge is -2.56. The number of hydrogen-bond acceptors (Lipinski definition) is 3. The summed E-state index contributed by atoms with van der Waals surface area (Å²) in [6.07, 6.45) is 5.16. The number of halogens is 1. The third-order valence-corrected chi connectivity index (χ3v) is 8.46. The minimum Gasteiger partial charge on any atom is -0.497 e. The van der Waals surface area contributed by atoms with E-state index in [0.717, 1.165) is 54.1 Å². The molecule has 2 atom stereocenters. The minimum absolute atomic E-state index is 0.313. The third-order valence-electron chi connectivity index (χ3n) is 7.97. The van der Waals surface area contributed by atoms with Crippen molar-refractivity contribution in [2.24, 2.45) is 5.92 Å². The molecule has 2 heterocycles.